The third kappa shape index (κ3) is 5.46. The topological polar surface area (TPSA) is 71.1 Å². The zero-order chi connectivity index (χ0) is 23.5. The van der Waals surface area contributed by atoms with Gasteiger partial charge in [-0.05, 0) is 66.2 Å². The number of fused-ring (bicyclic) bond motifs is 1. The van der Waals surface area contributed by atoms with Gasteiger partial charge in [0.1, 0.15) is 6.54 Å². The highest BCUT2D eigenvalue weighted by atomic mass is 35.5. The van der Waals surface area contributed by atoms with Gasteiger partial charge in [0.25, 0.3) is 0 Å². The predicted molar refractivity (Wildman–Crippen MR) is 131 cm³/mol. The Balaban J connectivity index is 1.31. The maximum atomic E-state index is 13.5. The molecule has 3 amide bonds. The number of rotatable bonds is 8. The van der Waals surface area contributed by atoms with Gasteiger partial charge in [-0.3, -0.25) is 4.79 Å². The third-order valence-corrected chi connectivity index (χ3v) is 6.85. The number of amides is 3. The summed E-state index contributed by atoms with van der Waals surface area (Å²) in [4.78, 5) is 31.0. The van der Waals surface area contributed by atoms with Gasteiger partial charge in [0.05, 0.1) is 6.54 Å². The Morgan fingerprint density at radius 1 is 1.03 bits per heavy atom. The number of hydrogen-bond acceptors (Lipinski definition) is 5. The van der Waals surface area contributed by atoms with E-state index < -0.39 is 0 Å². The molecular formula is C25H24ClN3O4S. The van der Waals surface area contributed by atoms with Crippen molar-refractivity contribution in [3.63, 3.8) is 0 Å². The van der Waals surface area contributed by atoms with E-state index in [4.69, 9.17) is 21.1 Å². The number of thiophene rings is 1. The fourth-order valence-electron chi connectivity index (χ4n) is 3.81. The van der Waals surface area contributed by atoms with E-state index in [2.05, 4.69) is 5.32 Å². The number of carbonyl (C=O) groups is 2. The molecule has 1 aromatic heterocycles. The van der Waals surface area contributed by atoms with Crippen LogP contribution < -0.4 is 14.8 Å². The van der Waals surface area contributed by atoms with Crippen LogP contribution in [0.1, 0.15) is 23.3 Å². The number of anilines is 1. The van der Waals surface area contributed by atoms with E-state index in [1.807, 2.05) is 35.7 Å². The molecule has 2 aromatic carbocycles. The summed E-state index contributed by atoms with van der Waals surface area (Å²) >= 11 is 7.55. The van der Waals surface area contributed by atoms with Crippen molar-refractivity contribution in [1.29, 1.82) is 0 Å². The summed E-state index contributed by atoms with van der Waals surface area (Å²) < 4.78 is 10.9. The van der Waals surface area contributed by atoms with E-state index in [9.17, 15) is 9.59 Å². The van der Waals surface area contributed by atoms with Gasteiger partial charge in [0.15, 0.2) is 11.5 Å². The number of ether oxygens (including phenoxy) is 2. The minimum atomic E-state index is -0.280. The van der Waals surface area contributed by atoms with Crippen LogP contribution in [0.3, 0.4) is 0 Å². The second-order valence-corrected chi connectivity index (χ2v) is 9.78. The SMILES string of the molecule is O=C(CN(C(=O)Nc1ccc(Cl)cc1)C1CC1)N(Cc1ccc2c(c1)OCO2)Cc1cccs1. The monoisotopic (exact) mass is 497 g/mol. The molecule has 0 unspecified atom stereocenters. The Kier molecular flexibility index (Phi) is 6.60. The number of halogens is 1. The van der Waals surface area contributed by atoms with E-state index in [1.165, 1.54) is 0 Å². The molecule has 0 saturated heterocycles. The molecule has 34 heavy (non-hydrogen) atoms. The van der Waals surface area contributed by atoms with E-state index in [0.29, 0.717) is 35.3 Å². The van der Waals surface area contributed by atoms with Crippen LogP contribution in [-0.2, 0) is 17.9 Å². The van der Waals surface area contributed by atoms with E-state index in [0.717, 1.165) is 23.3 Å². The maximum absolute atomic E-state index is 13.5. The zero-order valence-electron chi connectivity index (χ0n) is 18.4. The lowest BCUT2D eigenvalue weighted by Gasteiger charge is -2.28. The molecule has 1 aliphatic carbocycles. The minimum absolute atomic E-state index is 0.0139. The molecule has 1 aliphatic heterocycles. The van der Waals surface area contributed by atoms with Crippen LogP contribution in [0.25, 0.3) is 0 Å². The first kappa shape index (κ1) is 22.6. The fraction of sp³-hybridized carbons (Fsp3) is 0.280. The van der Waals surface area contributed by atoms with Crippen molar-refractivity contribution in [1.82, 2.24) is 9.80 Å². The predicted octanol–water partition coefficient (Wildman–Crippen LogP) is 5.36. The summed E-state index contributed by atoms with van der Waals surface area (Å²) in [7, 11) is 0. The first-order valence-corrected chi connectivity index (χ1v) is 12.3. The number of carbonyl (C=O) groups excluding carboxylic acids is 2. The molecule has 2 heterocycles. The molecule has 3 aromatic rings. The van der Waals surface area contributed by atoms with Crippen molar-refractivity contribution < 1.29 is 19.1 Å². The molecule has 0 bridgehead atoms. The van der Waals surface area contributed by atoms with Crippen LogP contribution >= 0.6 is 22.9 Å². The number of nitrogens with zero attached hydrogens (tertiary/aromatic N) is 2. The molecule has 9 heteroatoms. The van der Waals surface area contributed by atoms with Gasteiger partial charge in [-0.2, -0.15) is 0 Å². The van der Waals surface area contributed by atoms with Gasteiger partial charge < -0.3 is 24.6 Å². The van der Waals surface area contributed by atoms with Crippen LogP contribution in [0.15, 0.2) is 60.0 Å². The van der Waals surface area contributed by atoms with Crippen LogP contribution in [0.5, 0.6) is 11.5 Å². The lowest BCUT2D eigenvalue weighted by molar-refractivity contribution is -0.133. The molecule has 1 N–H and O–H groups in total. The Morgan fingerprint density at radius 3 is 2.56 bits per heavy atom. The quantitative estimate of drug-likeness (QED) is 0.455. The van der Waals surface area contributed by atoms with E-state index >= 15 is 0 Å². The summed E-state index contributed by atoms with van der Waals surface area (Å²) in [5.74, 6) is 1.28. The molecule has 176 valence electrons. The lowest BCUT2D eigenvalue weighted by Crippen LogP contribution is -2.45. The van der Waals surface area contributed by atoms with Gasteiger partial charge in [0, 0.05) is 28.2 Å². The fourth-order valence-corrected chi connectivity index (χ4v) is 4.66. The number of benzene rings is 2. The third-order valence-electron chi connectivity index (χ3n) is 5.74. The largest absolute Gasteiger partial charge is 0.454 e. The summed E-state index contributed by atoms with van der Waals surface area (Å²) in [5, 5.41) is 5.48. The average Bonchev–Trinajstić information content (AvgIpc) is 3.33. The Hall–Kier alpha value is -3.23. The first-order valence-electron chi connectivity index (χ1n) is 11.1. The van der Waals surface area contributed by atoms with Crippen LogP contribution in [0.2, 0.25) is 5.02 Å². The average molecular weight is 498 g/mol. The highest BCUT2D eigenvalue weighted by Gasteiger charge is 2.35. The van der Waals surface area contributed by atoms with Crippen molar-refractivity contribution in [3.8, 4) is 11.5 Å². The van der Waals surface area contributed by atoms with Gasteiger partial charge in [-0.1, -0.05) is 23.7 Å². The van der Waals surface area contributed by atoms with Gasteiger partial charge >= 0.3 is 6.03 Å². The first-order chi connectivity index (χ1) is 16.5. The molecule has 0 atom stereocenters. The molecule has 2 aliphatic rings. The van der Waals surface area contributed by atoms with E-state index in [-0.39, 0.29) is 31.3 Å². The summed E-state index contributed by atoms with van der Waals surface area (Å²) in [6.45, 7) is 1.10. The minimum Gasteiger partial charge on any atom is -0.454 e. The summed E-state index contributed by atoms with van der Waals surface area (Å²) in [5.41, 5.74) is 1.58. The zero-order valence-corrected chi connectivity index (χ0v) is 20.0. The van der Waals surface area contributed by atoms with Crippen molar-refractivity contribution in [2.45, 2.75) is 32.0 Å². The smallest absolute Gasteiger partial charge is 0.322 e. The second-order valence-electron chi connectivity index (χ2n) is 8.31. The normalized spacial score (nSPS) is 14.0. The standard InChI is InChI=1S/C25H24ClN3O4S/c26-18-4-6-19(7-5-18)27-25(31)29(20-8-9-20)15-24(30)28(14-21-2-1-11-34-21)13-17-3-10-22-23(12-17)33-16-32-22/h1-7,10-12,20H,8-9,13-16H2,(H,27,31). The van der Waals surface area contributed by atoms with Gasteiger partial charge in [0.2, 0.25) is 12.7 Å². The molecule has 5 rings (SSSR count). The number of urea groups is 1. The van der Waals surface area contributed by atoms with Gasteiger partial charge in [-0.25, -0.2) is 4.79 Å². The Bertz CT molecular complexity index is 1170. The highest BCUT2D eigenvalue weighted by Crippen LogP contribution is 2.33. The van der Waals surface area contributed by atoms with Crippen molar-refractivity contribution >= 4 is 40.6 Å². The van der Waals surface area contributed by atoms with Crippen LogP contribution in [0.4, 0.5) is 10.5 Å². The molecule has 0 radical (unpaired) electrons. The number of nitrogens with one attached hydrogen (secondary N) is 1. The Morgan fingerprint density at radius 2 is 1.82 bits per heavy atom. The molecule has 1 fully saturated rings. The van der Waals surface area contributed by atoms with Crippen molar-refractivity contribution in [2.24, 2.45) is 0 Å². The van der Waals surface area contributed by atoms with Crippen LogP contribution in [-0.4, -0.2) is 41.1 Å². The number of hydrogen-bond donors (Lipinski definition) is 1. The maximum Gasteiger partial charge on any atom is 0.322 e. The van der Waals surface area contributed by atoms with Gasteiger partial charge in [-0.15, -0.1) is 11.3 Å². The molecule has 7 nitrogen and oxygen atoms in total. The molecule has 0 spiro atoms. The molecular weight excluding hydrogens is 474 g/mol. The Labute approximate surface area is 206 Å². The van der Waals surface area contributed by atoms with Crippen LogP contribution in [0, 0.1) is 0 Å². The molecule has 1 saturated carbocycles. The second kappa shape index (κ2) is 9.95. The summed E-state index contributed by atoms with van der Waals surface area (Å²) in [6.07, 6.45) is 1.79. The summed E-state index contributed by atoms with van der Waals surface area (Å²) in [6, 6.07) is 16.4. The van der Waals surface area contributed by atoms with E-state index in [1.54, 1.807) is 45.4 Å². The van der Waals surface area contributed by atoms with Crippen molar-refractivity contribution in [2.75, 3.05) is 18.7 Å². The highest BCUT2D eigenvalue weighted by molar-refractivity contribution is 7.09. The lowest BCUT2D eigenvalue weighted by atomic mass is 10.2. The van der Waals surface area contributed by atoms with Crippen molar-refractivity contribution in [3.05, 3.63) is 75.4 Å².